The van der Waals surface area contributed by atoms with Crippen LogP contribution in [-0.2, 0) is 16.6 Å². The lowest BCUT2D eigenvalue weighted by Crippen LogP contribution is -2.30. The summed E-state index contributed by atoms with van der Waals surface area (Å²) in [6.45, 7) is 2.17. The third kappa shape index (κ3) is 4.64. The molecule has 1 fully saturated rings. The molecule has 0 saturated carbocycles. The second-order valence-electron chi connectivity index (χ2n) is 5.97. The number of nitrogens with one attached hydrogen (secondary N) is 1. The van der Waals surface area contributed by atoms with Gasteiger partial charge in [0.2, 0.25) is 10.0 Å². The molecule has 3 rings (SSSR count). The molecule has 1 aromatic heterocycles. The van der Waals surface area contributed by atoms with E-state index in [2.05, 4.69) is 14.6 Å². The lowest BCUT2D eigenvalue weighted by Gasteiger charge is -2.27. The van der Waals surface area contributed by atoms with Crippen molar-refractivity contribution in [3.8, 4) is 0 Å². The van der Waals surface area contributed by atoms with E-state index in [4.69, 9.17) is 23.2 Å². The Morgan fingerprint density at radius 3 is 2.52 bits per heavy atom. The summed E-state index contributed by atoms with van der Waals surface area (Å²) in [6.07, 6.45) is 5.29. The van der Waals surface area contributed by atoms with Crippen molar-refractivity contribution in [3.05, 3.63) is 52.1 Å². The van der Waals surface area contributed by atoms with Crippen molar-refractivity contribution >= 4 is 39.0 Å². The molecule has 0 radical (unpaired) electrons. The maximum absolute atomic E-state index is 12.4. The van der Waals surface area contributed by atoms with Crippen molar-refractivity contribution in [2.45, 2.75) is 30.7 Å². The Bertz CT molecular complexity index is 853. The van der Waals surface area contributed by atoms with Crippen molar-refractivity contribution in [2.24, 2.45) is 0 Å². The van der Waals surface area contributed by atoms with Crippen LogP contribution in [0.5, 0.6) is 0 Å². The normalized spacial score (nSPS) is 15.4. The predicted octanol–water partition coefficient (Wildman–Crippen LogP) is 3.86. The van der Waals surface area contributed by atoms with Crippen LogP contribution in [0.1, 0.15) is 24.8 Å². The first-order valence-corrected chi connectivity index (χ1v) is 10.3. The third-order valence-corrected chi connectivity index (χ3v) is 6.30. The van der Waals surface area contributed by atoms with Gasteiger partial charge in [0.15, 0.2) is 0 Å². The average molecular weight is 400 g/mol. The van der Waals surface area contributed by atoms with Gasteiger partial charge in [-0.25, -0.2) is 18.1 Å². The molecule has 0 spiro atoms. The second kappa shape index (κ2) is 7.91. The van der Waals surface area contributed by atoms with Crippen LogP contribution in [0.25, 0.3) is 0 Å². The molecule has 1 saturated heterocycles. The molecule has 0 atom stereocenters. The first kappa shape index (κ1) is 18.5. The summed E-state index contributed by atoms with van der Waals surface area (Å²) < 4.78 is 27.4. The highest BCUT2D eigenvalue weighted by atomic mass is 35.5. The number of rotatable bonds is 5. The van der Waals surface area contributed by atoms with Gasteiger partial charge in [0.1, 0.15) is 5.82 Å². The van der Waals surface area contributed by atoms with Crippen molar-refractivity contribution in [2.75, 3.05) is 18.0 Å². The fraction of sp³-hybridized carbons (Fsp3) is 0.353. The SMILES string of the molecule is O=S(=O)(NCc1ccnc(N2CCCCC2)c1)c1ccc(Cl)c(Cl)c1. The summed E-state index contributed by atoms with van der Waals surface area (Å²) in [4.78, 5) is 6.73. The lowest BCUT2D eigenvalue weighted by atomic mass is 10.1. The molecule has 1 aliphatic rings. The van der Waals surface area contributed by atoms with E-state index in [1.54, 1.807) is 6.20 Å². The molecule has 1 N–H and O–H groups in total. The molecule has 2 aromatic rings. The summed E-state index contributed by atoms with van der Waals surface area (Å²) in [5.74, 6) is 0.894. The average Bonchev–Trinajstić information content (AvgIpc) is 2.63. The van der Waals surface area contributed by atoms with Crippen molar-refractivity contribution in [1.82, 2.24) is 9.71 Å². The molecule has 1 aromatic carbocycles. The Kier molecular flexibility index (Phi) is 5.84. The molecular weight excluding hydrogens is 381 g/mol. The number of sulfonamides is 1. The molecule has 25 heavy (non-hydrogen) atoms. The first-order valence-electron chi connectivity index (χ1n) is 8.10. The molecule has 1 aliphatic heterocycles. The number of piperidine rings is 1. The molecule has 134 valence electrons. The molecule has 2 heterocycles. The highest BCUT2D eigenvalue weighted by Gasteiger charge is 2.16. The van der Waals surface area contributed by atoms with Crippen molar-refractivity contribution < 1.29 is 8.42 Å². The maximum Gasteiger partial charge on any atom is 0.240 e. The summed E-state index contributed by atoms with van der Waals surface area (Å²) in [6, 6.07) is 7.99. The van der Waals surface area contributed by atoms with Gasteiger partial charge in [-0.3, -0.25) is 0 Å². The van der Waals surface area contributed by atoms with Crippen LogP contribution in [0.15, 0.2) is 41.4 Å². The molecule has 0 aliphatic carbocycles. The molecular formula is C17H19Cl2N3O2S. The number of anilines is 1. The maximum atomic E-state index is 12.4. The Labute approximate surface area is 158 Å². The van der Waals surface area contributed by atoms with Gasteiger partial charge < -0.3 is 4.90 Å². The number of aromatic nitrogens is 1. The number of nitrogens with zero attached hydrogens (tertiary/aromatic N) is 2. The minimum absolute atomic E-state index is 0.0900. The zero-order valence-corrected chi connectivity index (χ0v) is 15.9. The molecule has 8 heteroatoms. The minimum atomic E-state index is -3.66. The van der Waals surface area contributed by atoms with Crippen LogP contribution in [0.2, 0.25) is 10.0 Å². The van der Waals surface area contributed by atoms with Crippen LogP contribution in [0, 0.1) is 0 Å². The molecule has 0 unspecified atom stereocenters. The van der Waals surface area contributed by atoms with Gasteiger partial charge in [-0.05, 0) is 55.2 Å². The summed E-state index contributed by atoms with van der Waals surface area (Å²) in [5, 5.41) is 0.529. The summed E-state index contributed by atoms with van der Waals surface area (Å²) >= 11 is 11.7. The van der Waals surface area contributed by atoms with Crippen LogP contribution in [0.4, 0.5) is 5.82 Å². The van der Waals surface area contributed by atoms with E-state index < -0.39 is 10.0 Å². The number of benzene rings is 1. The van der Waals surface area contributed by atoms with Gasteiger partial charge in [0, 0.05) is 25.8 Å². The zero-order valence-electron chi connectivity index (χ0n) is 13.6. The Balaban J connectivity index is 1.71. The Morgan fingerprint density at radius 2 is 1.80 bits per heavy atom. The van der Waals surface area contributed by atoms with Crippen molar-refractivity contribution in [3.63, 3.8) is 0 Å². The van der Waals surface area contributed by atoms with Gasteiger partial charge in [0.05, 0.1) is 14.9 Å². The van der Waals surface area contributed by atoms with Gasteiger partial charge in [-0.1, -0.05) is 23.2 Å². The third-order valence-electron chi connectivity index (χ3n) is 4.16. The van der Waals surface area contributed by atoms with Crippen LogP contribution >= 0.6 is 23.2 Å². The Hall–Kier alpha value is -1.34. The second-order valence-corrected chi connectivity index (χ2v) is 8.55. The van der Waals surface area contributed by atoms with Crippen molar-refractivity contribution in [1.29, 1.82) is 0 Å². The van der Waals surface area contributed by atoms with Gasteiger partial charge >= 0.3 is 0 Å². The van der Waals surface area contributed by atoms with Gasteiger partial charge in [-0.2, -0.15) is 0 Å². The highest BCUT2D eigenvalue weighted by Crippen LogP contribution is 2.25. The van der Waals surface area contributed by atoms with Gasteiger partial charge in [0.25, 0.3) is 0 Å². The van der Waals surface area contributed by atoms with E-state index in [1.165, 1.54) is 24.6 Å². The smallest absolute Gasteiger partial charge is 0.240 e. The quantitative estimate of drug-likeness (QED) is 0.828. The fourth-order valence-electron chi connectivity index (χ4n) is 2.77. The topological polar surface area (TPSA) is 62.3 Å². The summed E-state index contributed by atoms with van der Waals surface area (Å²) in [5.41, 5.74) is 0.860. The van der Waals surface area contributed by atoms with Crippen LogP contribution in [0.3, 0.4) is 0 Å². The molecule has 0 amide bonds. The number of hydrogen-bond donors (Lipinski definition) is 1. The van der Waals surface area contributed by atoms with E-state index in [1.807, 2.05) is 12.1 Å². The Morgan fingerprint density at radius 1 is 1.04 bits per heavy atom. The predicted molar refractivity (Wildman–Crippen MR) is 101 cm³/mol. The molecule has 0 bridgehead atoms. The first-order chi connectivity index (χ1) is 12.0. The van der Waals surface area contributed by atoms with E-state index in [-0.39, 0.29) is 16.5 Å². The number of pyridine rings is 1. The van der Waals surface area contributed by atoms with E-state index in [9.17, 15) is 8.42 Å². The number of hydrogen-bond acceptors (Lipinski definition) is 4. The van der Waals surface area contributed by atoms with Gasteiger partial charge in [-0.15, -0.1) is 0 Å². The molecule has 5 nitrogen and oxygen atoms in total. The largest absolute Gasteiger partial charge is 0.357 e. The van der Waals surface area contributed by atoms with E-state index >= 15 is 0 Å². The standard InChI is InChI=1S/C17H19Cl2N3O2S/c18-15-5-4-14(11-16(15)19)25(23,24)21-12-13-6-7-20-17(10-13)22-8-2-1-3-9-22/h4-7,10-11,21H,1-3,8-9,12H2. The fourth-order valence-corrected chi connectivity index (χ4v) is 4.18. The lowest BCUT2D eigenvalue weighted by molar-refractivity contribution is 0.572. The number of halogens is 2. The zero-order chi connectivity index (χ0) is 17.9. The van der Waals surface area contributed by atoms with Crippen LogP contribution in [-0.4, -0.2) is 26.5 Å². The summed E-state index contributed by atoms with van der Waals surface area (Å²) in [7, 11) is -3.66. The van der Waals surface area contributed by atoms with E-state index in [0.717, 1.165) is 37.3 Å². The van der Waals surface area contributed by atoms with E-state index in [0.29, 0.717) is 5.02 Å². The van der Waals surface area contributed by atoms with Crippen LogP contribution < -0.4 is 9.62 Å². The monoisotopic (exact) mass is 399 g/mol. The minimum Gasteiger partial charge on any atom is -0.357 e. The highest BCUT2D eigenvalue weighted by molar-refractivity contribution is 7.89.